The fourth-order valence-electron chi connectivity index (χ4n) is 1.57. The number of cyclic esters (lactones) is 1. The van der Waals surface area contributed by atoms with Crippen LogP contribution >= 0.6 is 0 Å². The van der Waals surface area contributed by atoms with Gasteiger partial charge in [0.2, 0.25) is 0 Å². The van der Waals surface area contributed by atoms with E-state index >= 15 is 0 Å². The number of carbonyl (C=O) groups excluding carboxylic acids is 2. The van der Waals surface area contributed by atoms with E-state index in [1.54, 1.807) is 12.1 Å². The number of carbonyl (C=O) groups is 2. The van der Waals surface area contributed by atoms with Crippen molar-refractivity contribution < 1.29 is 14.3 Å². The lowest BCUT2D eigenvalue weighted by Gasteiger charge is -2.13. The van der Waals surface area contributed by atoms with Gasteiger partial charge in [0.05, 0.1) is 6.54 Å². The number of aryl methyl sites for hydroxylation is 1. The molecule has 1 fully saturated rings. The SMILES string of the molecule is CCc1ccc(C(=O)NN2CCOC2=O)cc1. The van der Waals surface area contributed by atoms with Gasteiger partial charge in [0.1, 0.15) is 6.61 Å². The monoisotopic (exact) mass is 234 g/mol. The molecule has 2 rings (SSSR count). The van der Waals surface area contributed by atoms with Crippen LogP contribution < -0.4 is 5.43 Å². The van der Waals surface area contributed by atoms with Crippen molar-refractivity contribution in [2.75, 3.05) is 13.2 Å². The highest BCUT2D eigenvalue weighted by Crippen LogP contribution is 2.06. The molecule has 0 atom stereocenters. The van der Waals surface area contributed by atoms with Crippen molar-refractivity contribution in [3.8, 4) is 0 Å². The van der Waals surface area contributed by atoms with Crippen LogP contribution in [0, 0.1) is 0 Å². The molecule has 1 aromatic carbocycles. The molecule has 90 valence electrons. The number of ether oxygens (including phenoxy) is 1. The molecule has 1 aliphatic rings. The highest BCUT2D eigenvalue weighted by Gasteiger charge is 2.23. The first-order valence-electron chi connectivity index (χ1n) is 5.55. The molecule has 0 radical (unpaired) electrons. The summed E-state index contributed by atoms with van der Waals surface area (Å²) >= 11 is 0. The van der Waals surface area contributed by atoms with Gasteiger partial charge >= 0.3 is 6.09 Å². The molecule has 1 aromatic rings. The van der Waals surface area contributed by atoms with E-state index in [1.165, 1.54) is 10.6 Å². The van der Waals surface area contributed by atoms with Crippen molar-refractivity contribution in [3.63, 3.8) is 0 Å². The number of amides is 2. The van der Waals surface area contributed by atoms with Gasteiger partial charge in [-0.3, -0.25) is 10.2 Å². The molecule has 0 unspecified atom stereocenters. The molecule has 0 spiro atoms. The minimum Gasteiger partial charge on any atom is -0.446 e. The zero-order chi connectivity index (χ0) is 12.3. The average Bonchev–Trinajstić information content (AvgIpc) is 2.75. The summed E-state index contributed by atoms with van der Waals surface area (Å²) in [5.41, 5.74) is 4.20. The molecular formula is C12H14N2O3. The van der Waals surface area contributed by atoms with Gasteiger partial charge in [-0.2, -0.15) is 0 Å². The highest BCUT2D eigenvalue weighted by molar-refractivity contribution is 5.95. The normalized spacial score (nSPS) is 14.6. The average molecular weight is 234 g/mol. The maximum atomic E-state index is 11.8. The van der Waals surface area contributed by atoms with Crippen LogP contribution in [-0.4, -0.2) is 30.2 Å². The van der Waals surface area contributed by atoms with Crippen molar-refractivity contribution >= 4 is 12.0 Å². The van der Waals surface area contributed by atoms with E-state index in [0.29, 0.717) is 18.7 Å². The van der Waals surface area contributed by atoms with Crippen LogP contribution in [0.3, 0.4) is 0 Å². The Hall–Kier alpha value is -2.04. The molecule has 0 aliphatic carbocycles. The smallest absolute Gasteiger partial charge is 0.428 e. The lowest BCUT2D eigenvalue weighted by molar-refractivity contribution is 0.0831. The van der Waals surface area contributed by atoms with Crippen LogP contribution in [0.2, 0.25) is 0 Å². The van der Waals surface area contributed by atoms with E-state index < -0.39 is 6.09 Å². The lowest BCUT2D eigenvalue weighted by Crippen LogP contribution is -2.42. The number of benzene rings is 1. The van der Waals surface area contributed by atoms with Crippen LogP contribution in [0.4, 0.5) is 4.79 Å². The third-order valence-corrected chi connectivity index (χ3v) is 2.62. The van der Waals surface area contributed by atoms with Gasteiger partial charge in [-0.15, -0.1) is 0 Å². The highest BCUT2D eigenvalue weighted by atomic mass is 16.6. The van der Waals surface area contributed by atoms with E-state index in [9.17, 15) is 9.59 Å². The van der Waals surface area contributed by atoms with E-state index in [-0.39, 0.29) is 5.91 Å². The Morgan fingerprint density at radius 3 is 2.65 bits per heavy atom. The van der Waals surface area contributed by atoms with E-state index in [2.05, 4.69) is 12.3 Å². The summed E-state index contributed by atoms with van der Waals surface area (Å²) in [5, 5.41) is 1.18. The molecule has 0 saturated carbocycles. The topological polar surface area (TPSA) is 58.6 Å². The molecule has 5 nitrogen and oxygen atoms in total. The van der Waals surface area contributed by atoms with Crippen molar-refractivity contribution in [2.45, 2.75) is 13.3 Å². The van der Waals surface area contributed by atoms with E-state index in [1.807, 2.05) is 12.1 Å². The first kappa shape index (κ1) is 11.4. The Bertz CT molecular complexity index is 428. The lowest BCUT2D eigenvalue weighted by atomic mass is 10.1. The summed E-state index contributed by atoms with van der Waals surface area (Å²) in [6, 6.07) is 7.29. The van der Waals surface area contributed by atoms with Crippen LogP contribution in [-0.2, 0) is 11.2 Å². The number of hydrogen-bond acceptors (Lipinski definition) is 3. The zero-order valence-electron chi connectivity index (χ0n) is 9.60. The molecular weight excluding hydrogens is 220 g/mol. The largest absolute Gasteiger partial charge is 0.446 e. The standard InChI is InChI=1S/C12H14N2O3/c1-2-9-3-5-10(6-4-9)11(15)13-14-7-8-17-12(14)16/h3-6H,2,7-8H2,1H3,(H,13,15). The molecule has 1 saturated heterocycles. The Kier molecular flexibility index (Phi) is 3.27. The predicted molar refractivity (Wildman–Crippen MR) is 61.3 cm³/mol. The summed E-state index contributed by atoms with van der Waals surface area (Å²) in [6.45, 7) is 2.75. The van der Waals surface area contributed by atoms with Crippen LogP contribution in [0.25, 0.3) is 0 Å². The Labute approximate surface area is 99.3 Å². The quantitative estimate of drug-likeness (QED) is 0.858. The van der Waals surface area contributed by atoms with Gasteiger partial charge in [-0.25, -0.2) is 9.80 Å². The maximum Gasteiger partial charge on any atom is 0.428 e. The second kappa shape index (κ2) is 4.86. The summed E-state index contributed by atoms with van der Waals surface area (Å²) in [6.07, 6.45) is 0.420. The fraction of sp³-hybridized carbons (Fsp3) is 0.333. The summed E-state index contributed by atoms with van der Waals surface area (Å²) in [4.78, 5) is 22.9. The third kappa shape index (κ3) is 2.55. The third-order valence-electron chi connectivity index (χ3n) is 2.62. The minimum absolute atomic E-state index is 0.300. The van der Waals surface area contributed by atoms with Crippen molar-refractivity contribution in [1.82, 2.24) is 10.4 Å². The van der Waals surface area contributed by atoms with Crippen molar-refractivity contribution in [3.05, 3.63) is 35.4 Å². The predicted octanol–water partition coefficient (Wildman–Crippen LogP) is 1.35. The van der Waals surface area contributed by atoms with Gasteiger partial charge < -0.3 is 4.74 Å². The number of rotatable bonds is 3. The molecule has 0 aromatic heterocycles. The maximum absolute atomic E-state index is 11.8. The van der Waals surface area contributed by atoms with Crippen LogP contribution in [0.15, 0.2) is 24.3 Å². The van der Waals surface area contributed by atoms with Gasteiger partial charge in [0.25, 0.3) is 5.91 Å². The van der Waals surface area contributed by atoms with Crippen molar-refractivity contribution in [2.24, 2.45) is 0 Å². The van der Waals surface area contributed by atoms with Crippen LogP contribution in [0.1, 0.15) is 22.8 Å². The molecule has 17 heavy (non-hydrogen) atoms. The number of nitrogens with one attached hydrogen (secondary N) is 1. The van der Waals surface area contributed by atoms with Gasteiger partial charge in [0, 0.05) is 5.56 Å². The van der Waals surface area contributed by atoms with Gasteiger partial charge in [0.15, 0.2) is 0 Å². The molecule has 0 bridgehead atoms. The second-order valence-electron chi connectivity index (χ2n) is 3.76. The minimum atomic E-state index is -0.511. The first-order chi connectivity index (χ1) is 8.20. The Morgan fingerprint density at radius 2 is 2.12 bits per heavy atom. The number of hydrazine groups is 1. The Morgan fingerprint density at radius 1 is 1.41 bits per heavy atom. The zero-order valence-corrected chi connectivity index (χ0v) is 9.60. The van der Waals surface area contributed by atoms with Gasteiger partial charge in [-0.1, -0.05) is 19.1 Å². The molecule has 1 aliphatic heterocycles. The summed E-state index contributed by atoms with van der Waals surface area (Å²) < 4.78 is 4.71. The van der Waals surface area contributed by atoms with E-state index in [4.69, 9.17) is 4.74 Å². The molecule has 5 heteroatoms. The number of nitrogens with zero attached hydrogens (tertiary/aromatic N) is 1. The van der Waals surface area contributed by atoms with Crippen LogP contribution in [0.5, 0.6) is 0 Å². The molecule has 2 amide bonds. The molecule has 1 N–H and O–H groups in total. The Balaban J connectivity index is 2.01. The van der Waals surface area contributed by atoms with Gasteiger partial charge in [-0.05, 0) is 24.1 Å². The fourth-order valence-corrected chi connectivity index (χ4v) is 1.57. The van der Waals surface area contributed by atoms with Crippen molar-refractivity contribution in [1.29, 1.82) is 0 Å². The summed E-state index contributed by atoms with van der Waals surface area (Å²) in [5.74, 6) is -0.300. The second-order valence-corrected chi connectivity index (χ2v) is 3.76. The molecule has 1 heterocycles. The first-order valence-corrected chi connectivity index (χ1v) is 5.55. The summed E-state index contributed by atoms with van der Waals surface area (Å²) in [7, 11) is 0. The van der Waals surface area contributed by atoms with E-state index in [0.717, 1.165) is 6.42 Å². The number of hydrogen-bond donors (Lipinski definition) is 1.